The number of amides is 1. The summed E-state index contributed by atoms with van der Waals surface area (Å²) in [5.41, 5.74) is 1.87. The fraction of sp³-hybridized carbons (Fsp3) is 0.214. The van der Waals surface area contributed by atoms with Crippen molar-refractivity contribution in [2.45, 2.75) is 13.0 Å². The molecule has 2 aromatic rings. The molecule has 0 aliphatic rings. The van der Waals surface area contributed by atoms with Crippen LogP contribution in [0.4, 0.5) is 0 Å². The van der Waals surface area contributed by atoms with E-state index in [0.29, 0.717) is 24.2 Å². The molecule has 3 N–H and O–H groups in total. The van der Waals surface area contributed by atoms with E-state index >= 15 is 0 Å². The summed E-state index contributed by atoms with van der Waals surface area (Å²) in [5, 5.41) is 11.4. The molecule has 0 radical (unpaired) electrons. The molecule has 0 spiro atoms. The highest BCUT2D eigenvalue weighted by Gasteiger charge is 2.06. The maximum Gasteiger partial charge on any atom is 0.270 e. The summed E-state index contributed by atoms with van der Waals surface area (Å²) in [5.74, 6) is 5.39. The van der Waals surface area contributed by atoms with Crippen molar-refractivity contribution in [2.75, 3.05) is 6.61 Å². The lowest BCUT2D eigenvalue weighted by atomic mass is 10.2. The van der Waals surface area contributed by atoms with E-state index < -0.39 is 0 Å². The van der Waals surface area contributed by atoms with Crippen LogP contribution in [-0.4, -0.2) is 32.6 Å². The standard InChI is InChI=1S/C14H14N4O2/c19-6-2-1-3-11-4-5-13(16-7-11)14(20)17-9-12-8-15-10-18-12/h4-5,7-8,10,19H,2,6,9H2,(H,15,18)(H,17,20). The molecule has 1 amide bonds. The summed E-state index contributed by atoms with van der Waals surface area (Å²) in [6.07, 6.45) is 5.16. The number of pyridine rings is 1. The van der Waals surface area contributed by atoms with Crippen molar-refractivity contribution in [3.63, 3.8) is 0 Å². The van der Waals surface area contributed by atoms with E-state index in [1.165, 1.54) is 6.20 Å². The number of nitrogens with one attached hydrogen (secondary N) is 2. The Balaban J connectivity index is 1.92. The Morgan fingerprint density at radius 1 is 1.40 bits per heavy atom. The van der Waals surface area contributed by atoms with E-state index in [1.54, 1.807) is 24.7 Å². The first-order valence-corrected chi connectivity index (χ1v) is 6.11. The summed E-state index contributed by atoms with van der Waals surface area (Å²) in [6.45, 7) is 0.410. The largest absolute Gasteiger partial charge is 0.395 e. The first-order valence-electron chi connectivity index (χ1n) is 6.11. The quantitative estimate of drug-likeness (QED) is 0.704. The van der Waals surface area contributed by atoms with Crippen LogP contribution in [0.5, 0.6) is 0 Å². The molecule has 6 heteroatoms. The minimum Gasteiger partial charge on any atom is -0.395 e. The van der Waals surface area contributed by atoms with Gasteiger partial charge in [-0.05, 0) is 12.1 Å². The van der Waals surface area contributed by atoms with Crippen molar-refractivity contribution in [3.8, 4) is 11.8 Å². The SMILES string of the molecule is O=C(NCc1cnc[nH]1)c1ccc(C#CCCO)cn1. The van der Waals surface area contributed by atoms with E-state index in [-0.39, 0.29) is 12.5 Å². The molecular formula is C14H14N4O2. The van der Waals surface area contributed by atoms with Gasteiger partial charge in [-0.2, -0.15) is 0 Å². The normalized spacial score (nSPS) is 9.65. The van der Waals surface area contributed by atoms with Gasteiger partial charge in [-0.1, -0.05) is 11.8 Å². The van der Waals surface area contributed by atoms with Gasteiger partial charge in [0.2, 0.25) is 0 Å². The number of aliphatic hydroxyl groups is 1. The van der Waals surface area contributed by atoms with Crippen LogP contribution in [0.1, 0.15) is 28.2 Å². The van der Waals surface area contributed by atoms with Crippen LogP contribution in [0.2, 0.25) is 0 Å². The van der Waals surface area contributed by atoms with E-state index in [0.717, 1.165) is 5.69 Å². The third-order valence-electron chi connectivity index (χ3n) is 2.46. The topological polar surface area (TPSA) is 90.9 Å². The van der Waals surface area contributed by atoms with Crippen LogP contribution in [0, 0.1) is 11.8 Å². The van der Waals surface area contributed by atoms with Gasteiger partial charge >= 0.3 is 0 Å². The molecule has 102 valence electrons. The number of hydrogen-bond acceptors (Lipinski definition) is 4. The van der Waals surface area contributed by atoms with E-state index in [9.17, 15) is 4.79 Å². The van der Waals surface area contributed by atoms with Crippen molar-refractivity contribution in [1.29, 1.82) is 0 Å². The maximum atomic E-state index is 11.8. The predicted molar refractivity (Wildman–Crippen MR) is 72.6 cm³/mol. The molecule has 2 heterocycles. The average molecular weight is 270 g/mol. The van der Waals surface area contributed by atoms with Gasteiger partial charge in [0.15, 0.2) is 0 Å². The third-order valence-corrected chi connectivity index (χ3v) is 2.46. The second-order valence-electron chi connectivity index (χ2n) is 3.97. The number of aromatic amines is 1. The zero-order valence-corrected chi connectivity index (χ0v) is 10.8. The van der Waals surface area contributed by atoms with Crippen molar-refractivity contribution in [1.82, 2.24) is 20.3 Å². The number of rotatable bonds is 4. The Morgan fingerprint density at radius 3 is 2.95 bits per heavy atom. The fourth-order valence-electron chi connectivity index (χ4n) is 1.47. The average Bonchev–Trinajstić information content (AvgIpc) is 2.99. The smallest absolute Gasteiger partial charge is 0.270 e. The van der Waals surface area contributed by atoms with Gasteiger partial charge in [-0.25, -0.2) is 9.97 Å². The van der Waals surface area contributed by atoms with Gasteiger partial charge < -0.3 is 15.4 Å². The molecule has 0 aliphatic carbocycles. The number of nitrogens with zero attached hydrogens (tertiary/aromatic N) is 2. The number of H-pyrrole nitrogens is 1. The first-order chi connectivity index (χ1) is 9.79. The Labute approximate surface area is 116 Å². The van der Waals surface area contributed by atoms with Crippen molar-refractivity contribution in [2.24, 2.45) is 0 Å². The van der Waals surface area contributed by atoms with Crippen molar-refractivity contribution >= 4 is 5.91 Å². The number of carbonyl (C=O) groups is 1. The molecule has 2 aromatic heterocycles. The highest BCUT2D eigenvalue weighted by atomic mass is 16.2. The zero-order valence-electron chi connectivity index (χ0n) is 10.8. The van der Waals surface area contributed by atoms with Gasteiger partial charge in [0.25, 0.3) is 5.91 Å². The molecule has 0 saturated heterocycles. The maximum absolute atomic E-state index is 11.8. The van der Waals surface area contributed by atoms with Gasteiger partial charge in [0.05, 0.1) is 25.2 Å². The molecule has 0 bridgehead atoms. The molecule has 20 heavy (non-hydrogen) atoms. The molecule has 0 unspecified atom stereocenters. The van der Waals surface area contributed by atoms with Crippen LogP contribution >= 0.6 is 0 Å². The number of aromatic nitrogens is 3. The minimum atomic E-state index is -0.255. The van der Waals surface area contributed by atoms with Gasteiger partial charge in [-0.3, -0.25) is 4.79 Å². The highest BCUT2D eigenvalue weighted by Crippen LogP contribution is 2.00. The number of hydrogen-bond donors (Lipinski definition) is 3. The van der Waals surface area contributed by atoms with Crippen LogP contribution in [-0.2, 0) is 6.54 Å². The fourth-order valence-corrected chi connectivity index (χ4v) is 1.47. The highest BCUT2D eigenvalue weighted by molar-refractivity contribution is 5.92. The Morgan fingerprint density at radius 2 is 2.30 bits per heavy atom. The summed E-state index contributed by atoms with van der Waals surface area (Å²) >= 11 is 0. The van der Waals surface area contributed by atoms with Crippen molar-refractivity contribution in [3.05, 3.63) is 47.8 Å². The number of imidazole rings is 1. The molecular weight excluding hydrogens is 256 g/mol. The van der Waals surface area contributed by atoms with Gasteiger partial charge in [0.1, 0.15) is 5.69 Å². The van der Waals surface area contributed by atoms with Crippen LogP contribution in [0.25, 0.3) is 0 Å². The molecule has 6 nitrogen and oxygen atoms in total. The molecule has 0 fully saturated rings. The lowest BCUT2D eigenvalue weighted by Crippen LogP contribution is -2.23. The Kier molecular flexibility index (Phi) is 4.87. The first kappa shape index (κ1) is 13.8. The molecule has 0 aliphatic heterocycles. The third kappa shape index (κ3) is 3.93. The van der Waals surface area contributed by atoms with Gasteiger partial charge in [-0.15, -0.1) is 0 Å². The lowest BCUT2D eigenvalue weighted by Gasteiger charge is -2.02. The minimum absolute atomic E-state index is 0.0362. The zero-order chi connectivity index (χ0) is 14.2. The van der Waals surface area contributed by atoms with Crippen LogP contribution in [0.15, 0.2) is 30.9 Å². The van der Waals surface area contributed by atoms with Gasteiger partial charge in [0, 0.05) is 24.4 Å². The summed E-state index contributed by atoms with van der Waals surface area (Å²) < 4.78 is 0. The summed E-state index contributed by atoms with van der Waals surface area (Å²) in [7, 11) is 0. The molecule has 0 aromatic carbocycles. The molecule has 0 saturated carbocycles. The Bertz CT molecular complexity index is 609. The molecule has 0 atom stereocenters. The van der Waals surface area contributed by atoms with Crippen LogP contribution in [0.3, 0.4) is 0 Å². The number of carbonyl (C=O) groups excluding carboxylic acids is 1. The van der Waals surface area contributed by atoms with E-state index in [2.05, 4.69) is 32.1 Å². The summed E-state index contributed by atoms with van der Waals surface area (Å²) in [6, 6.07) is 3.34. The monoisotopic (exact) mass is 270 g/mol. The predicted octanol–water partition coefficient (Wildman–Crippen LogP) is 0.469. The number of aliphatic hydroxyl groups excluding tert-OH is 1. The van der Waals surface area contributed by atoms with Crippen LogP contribution < -0.4 is 5.32 Å². The molecule has 2 rings (SSSR count). The van der Waals surface area contributed by atoms with Crippen molar-refractivity contribution < 1.29 is 9.90 Å². The Hall–Kier alpha value is -2.65. The lowest BCUT2D eigenvalue weighted by molar-refractivity contribution is 0.0945. The van der Waals surface area contributed by atoms with E-state index in [1.807, 2.05) is 0 Å². The second kappa shape index (κ2) is 7.07. The summed E-state index contributed by atoms with van der Waals surface area (Å²) in [4.78, 5) is 22.7. The van der Waals surface area contributed by atoms with E-state index in [4.69, 9.17) is 5.11 Å². The second-order valence-corrected chi connectivity index (χ2v) is 3.97.